The molecule has 0 aliphatic rings. The predicted molar refractivity (Wildman–Crippen MR) is 81.1 cm³/mol. The number of rotatable bonds is 3. The summed E-state index contributed by atoms with van der Waals surface area (Å²) in [6, 6.07) is 13.0. The number of benzene rings is 2. The van der Waals surface area contributed by atoms with Gasteiger partial charge in [0.25, 0.3) is 0 Å². The summed E-state index contributed by atoms with van der Waals surface area (Å²) in [6.45, 7) is 6.35. The molecule has 2 aromatic rings. The molecule has 0 fully saturated rings. The maximum Gasteiger partial charge on any atom is 0.0344 e. The van der Waals surface area contributed by atoms with E-state index in [1.165, 1.54) is 21.6 Å². The Hall–Kier alpha value is -1.41. The van der Waals surface area contributed by atoms with Crippen molar-refractivity contribution >= 4 is 17.4 Å². The average molecular weight is 257 g/mol. The summed E-state index contributed by atoms with van der Waals surface area (Å²) in [6.07, 6.45) is 0. The van der Waals surface area contributed by atoms with Crippen LogP contribution >= 0.6 is 11.8 Å². The first-order valence-electron chi connectivity index (χ1n) is 6.11. The van der Waals surface area contributed by atoms with E-state index in [9.17, 15) is 0 Å². The van der Waals surface area contributed by atoms with Crippen molar-refractivity contribution in [1.29, 1.82) is 0 Å². The molecule has 18 heavy (non-hydrogen) atoms. The molecule has 0 saturated heterocycles. The van der Waals surface area contributed by atoms with Gasteiger partial charge in [0.05, 0.1) is 0 Å². The number of thioether (sulfide) groups is 1. The fourth-order valence-corrected chi connectivity index (χ4v) is 2.98. The van der Waals surface area contributed by atoms with Crippen LogP contribution in [0.1, 0.15) is 22.3 Å². The topological polar surface area (TPSA) is 26.0 Å². The van der Waals surface area contributed by atoms with Crippen molar-refractivity contribution in [3.05, 3.63) is 58.7 Å². The third kappa shape index (κ3) is 3.30. The number of hydrogen-bond acceptors (Lipinski definition) is 2. The van der Waals surface area contributed by atoms with Crippen molar-refractivity contribution < 1.29 is 0 Å². The molecule has 2 aromatic carbocycles. The third-order valence-corrected chi connectivity index (χ3v) is 3.99. The van der Waals surface area contributed by atoms with Gasteiger partial charge in [0, 0.05) is 16.3 Å². The lowest BCUT2D eigenvalue weighted by molar-refractivity contribution is 1.29. The highest BCUT2D eigenvalue weighted by molar-refractivity contribution is 7.98. The van der Waals surface area contributed by atoms with E-state index >= 15 is 0 Å². The Kier molecular flexibility index (Phi) is 3.97. The van der Waals surface area contributed by atoms with Crippen LogP contribution in [0.3, 0.4) is 0 Å². The lowest BCUT2D eigenvalue weighted by Gasteiger charge is -2.07. The highest BCUT2D eigenvalue weighted by Crippen LogP contribution is 2.26. The van der Waals surface area contributed by atoms with Crippen LogP contribution in [0.5, 0.6) is 0 Å². The van der Waals surface area contributed by atoms with Crippen molar-refractivity contribution in [2.45, 2.75) is 31.4 Å². The van der Waals surface area contributed by atoms with Crippen LogP contribution in [0.15, 0.2) is 41.3 Å². The highest BCUT2D eigenvalue weighted by atomic mass is 32.2. The number of nitrogens with two attached hydrogens (primary N) is 1. The van der Waals surface area contributed by atoms with Crippen LogP contribution in [0.2, 0.25) is 0 Å². The highest BCUT2D eigenvalue weighted by Gasteiger charge is 2.00. The zero-order valence-corrected chi connectivity index (χ0v) is 12.0. The predicted octanol–water partition coefficient (Wildman–Crippen LogP) is 4.49. The van der Waals surface area contributed by atoms with Crippen LogP contribution in [0.4, 0.5) is 5.69 Å². The summed E-state index contributed by atoms with van der Waals surface area (Å²) < 4.78 is 0. The molecule has 0 aromatic heterocycles. The summed E-state index contributed by atoms with van der Waals surface area (Å²) in [7, 11) is 0. The van der Waals surface area contributed by atoms with Gasteiger partial charge >= 0.3 is 0 Å². The smallest absolute Gasteiger partial charge is 0.0344 e. The second-order valence-corrected chi connectivity index (χ2v) is 5.85. The summed E-state index contributed by atoms with van der Waals surface area (Å²) in [5.74, 6) is 1.01. The molecule has 1 nitrogen and oxygen atoms in total. The number of aryl methyl sites for hydroxylation is 3. The summed E-state index contributed by atoms with van der Waals surface area (Å²) in [4.78, 5) is 1.28. The summed E-state index contributed by atoms with van der Waals surface area (Å²) in [5.41, 5.74) is 11.9. The molecule has 0 saturated carbocycles. The van der Waals surface area contributed by atoms with Crippen LogP contribution in [0.25, 0.3) is 0 Å². The van der Waals surface area contributed by atoms with E-state index in [-0.39, 0.29) is 0 Å². The molecule has 0 atom stereocenters. The molecule has 0 radical (unpaired) electrons. The fourth-order valence-electron chi connectivity index (χ4n) is 2.06. The maximum atomic E-state index is 5.83. The van der Waals surface area contributed by atoms with Crippen LogP contribution in [-0.4, -0.2) is 0 Å². The molecule has 94 valence electrons. The molecule has 0 bridgehead atoms. The average Bonchev–Trinajstić information content (AvgIpc) is 2.29. The Labute approximate surface area is 113 Å². The normalized spacial score (nSPS) is 10.6. The van der Waals surface area contributed by atoms with Gasteiger partial charge < -0.3 is 5.73 Å². The van der Waals surface area contributed by atoms with Gasteiger partial charge in [-0.2, -0.15) is 0 Å². The van der Waals surface area contributed by atoms with Crippen LogP contribution < -0.4 is 5.73 Å². The van der Waals surface area contributed by atoms with Gasteiger partial charge in [-0.05, 0) is 50.1 Å². The second kappa shape index (κ2) is 5.49. The quantitative estimate of drug-likeness (QED) is 0.648. The second-order valence-electron chi connectivity index (χ2n) is 4.80. The van der Waals surface area contributed by atoms with E-state index in [4.69, 9.17) is 5.73 Å². The number of nitrogen functional groups attached to an aromatic ring is 1. The molecule has 2 N–H and O–H groups in total. The van der Waals surface area contributed by atoms with Crippen LogP contribution in [-0.2, 0) is 5.75 Å². The van der Waals surface area contributed by atoms with E-state index in [0.29, 0.717) is 0 Å². The molecule has 2 rings (SSSR count). The first-order valence-corrected chi connectivity index (χ1v) is 7.09. The standard InChI is InChI=1S/C16H19NS/c1-11-6-12(2)8-14(7-11)10-18-15-4-5-16(17)13(3)9-15/h4-9H,10,17H2,1-3H3. The Morgan fingerprint density at radius 3 is 2.22 bits per heavy atom. The largest absolute Gasteiger partial charge is 0.399 e. The van der Waals surface area contributed by atoms with E-state index in [0.717, 1.165) is 17.0 Å². The van der Waals surface area contributed by atoms with Gasteiger partial charge in [-0.25, -0.2) is 0 Å². The van der Waals surface area contributed by atoms with Crippen molar-refractivity contribution in [3.8, 4) is 0 Å². The van der Waals surface area contributed by atoms with Crippen LogP contribution in [0, 0.1) is 20.8 Å². The van der Waals surface area contributed by atoms with Gasteiger partial charge in [-0.3, -0.25) is 0 Å². The third-order valence-electron chi connectivity index (χ3n) is 2.93. The molecule has 0 spiro atoms. The number of hydrogen-bond donors (Lipinski definition) is 1. The zero-order valence-electron chi connectivity index (χ0n) is 11.2. The lowest BCUT2D eigenvalue weighted by Crippen LogP contribution is -1.89. The van der Waals surface area contributed by atoms with Gasteiger partial charge in [0.15, 0.2) is 0 Å². The van der Waals surface area contributed by atoms with Crippen molar-refractivity contribution in [2.24, 2.45) is 0 Å². The maximum absolute atomic E-state index is 5.83. The first kappa shape index (κ1) is 13.0. The monoisotopic (exact) mass is 257 g/mol. The SMILES string of the molecule is Cc1cc(C)cc(CSc2ccc(N)c(C)c2)c1. The van der Waals surface area contributed by atoms with Gasteiger partial charge in [0.2, 0.25) is 0 Å². The minimum absolute atomic E-state index is 0.866. The van der Waals surface area contributed by atoms with Crippen molar-refractivity contribution in [3.63, 3.8) is 0 Å². The van der Waals surface area contributed by atoms with Gasteiger partial charge in [-0.15, -0.1) is 11.8 Å². The van der Waals surface area contributed by atoms with Crippen molar-refractivity contribution in [1.82, 2.24) is 0 Å². The molecule has 0 unspecified atom stereocenters. The minimum atomic E-state index is 0.866. The Bertz CT molecular complexity index is 541. The van der Waals surface area contributed by atoms with E-state index < -0.39 is 0 Å². The molecular weight excluding hydrogens is 238 g/mol. The lowest BCUT2D eigenvalue weighted by atomic mass is 10.1. The Balaban J connectivity index is 2.08. The molecule has 0 heterocycles. The first-order chi connectivity index (χ1) is 8.54. The fraction of sp³-hybridized carbons (Fsp3) is 0.250. The summed E-state index contributed by atoms with van der Waals surface area (Å²) >= 11 is 1.86. The van der Waals surface area contributed by atoms with E-state index in [2.05, 4.69) is 51.1 Å². The minimum Gasteiger partial charge on any atom is -0.399 e. The van der Waals surface area contributed by atoms with Gasteiger partial charge in [0.1, 0.15) is 0 Å². The van der Waals surface area contributed by atoms with Gasteiger partial charge in [-0.1, -0.05) is 29.3 Å². The zero-order chi connectivity index (χ0) is 13.1. The molecular formula is C16H19NS. The van der Waals surface area contributed by atoms with E-state index in [1.54, 1.807) is 0 Å². The molecule has 0 aliphatic carbocycles. The molecule has 0 aliphatic heterocycles. The molecule has 0 amide bonds. The Morgan fingerprint density at radius 2 is 1.61 bits per heavy atom. The van der Waals surface area contributed by atoms with Crippen molar-refractivity contribution in [2.75, 3.05) is 5.73 Å². The molecule has 2 heteroatoms. The summed E-state index contributed by atoms with van der Waals surface area (Å²) in [5, 5.41) is 0. The number of anilines is 1. The Morgan fingerprint density at radius 1 is 0.944 bits per heavy atom. The van der Waals surface area contributed by atoms with E-state index in [1.807, 2.05) is 17.8 Å².